The Morgan fingerprint density at radius 2 is 1.80 bits per heavy atom. The molecule has 4 nitrogen and oxygen atoms in total. The number of aromatic nitrogens is 2. The van der Waals surface area contributed by atoms with Crippen LogP contribution in [-0.4, -0.2) is 15.7 Å². The van der Waals surface area contributed by atoms with Crippen LogP contribution in [0.5, 0.6) is 0 Å². The maximum atomic E-state index is 13.1. The molecule has 0 saturated heterocycles. The van der Waals surface area contributed by atoms with Crippen molar-refractivity contribution in [1.82, 2.24) is 15.5 Å². The summed E-state index contributed by atoms with van der Waals surface area (Å²) in [5.41, 5.74) is 0.416. The third-order valence-corrected chi connectivity index (χ3v) is 2.56. The molecule has 0 unspecified atom stereocenters. The van der Waals surface area contributed by atoms with E-state index in [9.17, 15) is 8.78 Å². The third-order valence-electron chi connectivity index (χ3n) is 2.56. The third kappa shape index (κ3) is 4.38. The van der Waals surface area contributed by atoms with Gasteiger partial charge in [-0.15, -0.1) is 0 Å². The van der Waals surface area contributed by atoms with Crippen LogP contribution in [0.15, 0.2) is 22.7 Å². The van der Waals surface area contributed by atoms with Crippen LogP contribution in [0.2, 0.25) is 0 Å². The lowest BCUT2D eigenvalue weighted by Crippen LogP contribution is -2.35. The molecule has 0 bridgehead atoms. The van der Waals surface area contributed by atoms with Gasteiger partial charge in [0, 0.05) is 18.0 Å². The summed E-state index contributed by atoms with van der Waals surface area (Å²) in [5, 5.41) is 7.02. The standard InChI is InChI=1S/C14H17F2N3O/c1-14(2,3)17-8-13-18-12(19-20-13)6-9-4-10(15)7-11(16)5-9/h4-5,7,17H,6,8H2,1-3H3. The minimum atomic E-state index is -0.613. The van der Waals surface area contributed by atoms with Gasteiger partial charge < -0.3 is 9.84 Å². The predicted octanol–water partition coefficient (Wildman–Crippen LogP) is 2.83. The van der Waals surface area contributed by atoms with Gasteiger partial charge in [-0.2, -0.15) is 4.98 Å². The van der Waals surface area contributed by atoms with Crippen molar-refractivity contribution >= 4 is 0 Å². The zero-order chi connectivity index (χ0) is 14.8. The van der Waals surface area contributed by atoms with E-state index in [1.54, 1.807) is 0 Å². The molecule has 0 saturated carbocycles. The molecule has 0 aliphatic heterocycles. The van der Waals surface area contributed by atoms with E-state index < -0.39 is 11.6 Å². The minimum absolute atomic E-state index is 0.0552. The van der Waals surface area contributed by atoms with Gasteiger partial charge in [-0.3, -0.25) is 0 Å². The highest BCUT2D eigenvalue weighted by molar-refractivity contribution is 5.21. The lowest BCUT2D eigenvalue weighted by atomic mass is 10.1. The molecule has 2 aromatic rings. The molecule has 1 N–H and O–H groups in total. The molecule has 0 radical (unpaired) electrons. The zero-order valence-corrected chi connectivity index (χ0v) is 11.7. The second-order valence-electron chi connectivity index (χ2n) is 5.66. The summed E-state index contributed by atoms with van der Waals surface area (Å²) >= 11 is 0. The zero-order valence-electron chi connectivity index (χ0n) is 11.7. The average Bonchev–Trinajstić information content (AvgIpc) is 2.72. The van der Waals surface area contributed by atoms with Gasteiger partial charge in [0.25, 0.3) is 0 Å². The van der Waals surface area contributed by atoms with E-state index in [1.165, 1.54) is 12.1 Å². The number of halogens is 2. The van der Waals surface area contributed by atoms with E-state index in [4.69, 9.17) is 4.52 Å². The van der Waals surface area contributed by atoms with Crippen LogP contribution in [0.1, 0.15) is 38.0 Å². The summed E-state index contributed by atoms with van der Waals surface area (Å²) in [6.07, 6.45) is 0.230. The Labute approximate surface area is 116 Å². The van der Waals surface area contributed by atoms with Crippen molar-refractivity contribution in [3.63, 3.8) is 0 Å². The Morgan fingerprint density at radius 3 is 2.40 bits per heavy atom. The first kappa shape index (κ1) is 14.6. The van der Waals surface area contributed by atoms with E-state index in [0.29, 0.717) is 23.8 Å². The fraction of sp³-hybridized carbons (Fsp3) is 0.429. The van der Waals surface area contributed by atoms with Gasteiger partial charge in [0.15, 0.2) is 5.82 Å². The van der Waals surface area contributed by atoms with Crippen molar-refractivity contribution in [2.45, 2.75) is 39.3 Å². The van der Waals surface area contributed by atoms with Crippen LogP contribution < -0.4 is 5.32 Å². The predicted molar refractivity (Wildman–Crippen MR) is 70.1 cm³/mol. The van der Waals surface area contributed by atoms with Crippen molar-refractivity contribution in [1.29, 1.82) is 0 Å². The average molecular weight is 281 g/mol. The number of hydrogen-bond acceptors (Lipinski definition) is 4. The number of nitrogens with zero attached hydrogens (tertiary/aromatic N) is 2. The number of benzene rings is 1. The van der Waals surface area contributed by atoms with Crippen LogP contribution in [0.4, 0.5) is 8.78 Å². The molecule has 1 aromatic carbocycles. The molecule has 0 spiro atoms. The van der Waals surface area contributed by atoms with Gasteiger partial charge in [0.05, 0.1) is 6.54 Å². The monoisotopic (exact) mass is 281 g/mol. The Morgan fingerprint density at radius 1 is 1.15 bits per heavy atom. The van der Waals surface area contributed by atoms with Crippen LogP contribution in [-0.2, 0) is 13.0 Å². The molecule has 1 heterocycles. The Balaban J connectivity index is 2.02. The van der Waals surface area contributed by atoms with Gasteiger partial charge >= 0.3 is 0 Å². The van der Waals surface area contributed by atoms with E-state index in [1.807, 2.05) is 20.8 Å². The van der Waals surface area contributed by atoms with E-state index >= 15 is 0 Å². The molecule has 20 heavy (non-hydrogen) atoms. The van der Waals surface area contributed by atoms with Gasteiger partial charge in [0.2, 0.25) is 5.89 Å². The Hall–Kier alpha value is -1.82. The second-order valence-corrected chi connectivity index (χ2v) is 5.66. The number of hydrogen-bond donors (Lipinski definition) is 1. The van der Waals surface area contributed by atoms with Crippen molar-refractivity contribution in [3.8, 4) is 0 Å². The maximum absolute atomic E-state index is 13.1. The van der Waals surface area contributed by atoms with Gasteiger partial charge in [-0.05, 0) is 38.5 Å². The lowest BCUT2D eigenvalue weighted by Gasteiger charge is -2.18. The molecule has 0 amide bonds. The highest BCUT2D eigenvalue weighted by Gasteiger charge is 2.13. The first-order chi connectivity index (χ1) is 9.32. The quantitative estimate of drug-likeness (QED) is 0.936. The van der Waals surface area contributed by atoms with Crippen LogP contribution >= 0.6 is 0 Å². The van der Waals surface area contributed by atoms with Crippen molar-refractivity contribution in [3.05, 3.63) is 47.1 Å². The molecule has 0 aliphatic carbocycles. The second kappa shape index (κ2) is 5.66. The largest absolute Gasteiger partial charge is 0.338 e. The van der Waals surface area contributed by atoms with Gasteiger partial charge in [0.1, 0.15) is 11.6 Å². The smallest absolute Gasteiger partial charge is 0.240 e. The summed E-state index contributed by atoms with van der Waals surface area (Å²) in [5.74, 6) is -0.372. The van der Waals surface area contributed by atoms with Crippen molar-refractivity contribution in [2.24, 2.45) is 0 Å². The van der Waals surface area contributed by atoms with E-state index in [2.05, 4.69) is 15.5 Å². The summed E-state index contributed by atoms with van der Waals surface area (Å²) in [7, 11) is 0. The molecule has 0 atom stereocenters. The van der Waals surface area contributed by atoms with Crippen LogP contribution in [0, 0.1) is 11.6 Å². The molecular formula is C14H17F2N3O. The Bertz CT molecular complexity index is 570. The van der Waals surface area contributed by atoms with Crippen LogP contribution in [0.3, 0.4) is 0 Å². The SMILES string of the molecule is CC(C)(C)NCc1nc(Cc2cc(F)cc(F)c2)no1. The molecule has 2 rings (SSSR count). The summed E-state index contributed by atoms with van der Waals surface area (Å²) in [4.78, 5) is 4.18. The van der Waals surface area contributed by atoms with Crippen LogP contribution in [0.25, 0.3) is 0 Å². The molecule has 108 valence electrons. The number of rotatable bonds is 4. The highest BCUT2D eigenvalue weighted by atomic mass is 19.1. The Kier molecular flexibility index (Phi) is 4.13. The highest BCUT2D eigenvalue weighted by Crippen LogP contribution is 2.12. The first-order valence-corrected chi connectivity index (χ1v) is 6.33. The molecule has 6 heteroatoms. The van der Waals surface area contributed by atoms with Gasteiger partial charge in [-0.25, -0.2) is 8.78 Å². The summed E-state index contributed by atoms with van der Waals surface area (Å²) in [6.45, 7) is 6.54. The number of nitrogens with one attached hydrogen (secondary N) is 1. The van der Waals surface area contributed by atoms with E-state index in [0.717, 1.165) is 6.07 Å². The maximum Gasteiger partial charge on any atom is 0.240 e. The van der Waals surface area contributed by atoms with E-state index in [-0.39, 0.29) is 12.0 Å². The molecular weight excluding hydrogens is 264 g/mol. The summed E-state index contributed by atoms with van der Waals surface area (Å²) < 4.78 is 31.2. The molecule has 1 aromatic heterocycles. The summed E-state index contributed by atoms with van der Waals surface area (Å²) in [6, 6.07) is 3.34. The minimum Gasteiger partial charge on any atom is -0.338 e. The normalized spacial score (nSPS) is 11.8. The molecule has 0 fully saturated rings. The molecule has 0 aliphatic rings. The van der Waals surface area contributed by atoms with Crippen molar-refractivity contribution < 1.29 is 13.3 Å². The van der Waals surface area contributed by atoms with Gasteiger partial charge in [-0.1, -0.05) is 5.16 Å². The first-order valence-electron chi connectivity index (χ1n) is 6.33. The topological polar surface area (TPSA) is 51.0 Å². The van der Waals surface area contributed by atoms with Crippen molar-refractivity contribution in [2.75, 3.05) is 0 Å². The fourth-order valence-corrected chi connectivity index (χ4v) is 1.67. The lowest BCUT2D eigenvalue weighted by molar-refractivity contribution is 0.334. The fourth-order valence-electron chi connectivity index (χ4n) is 1.67.